The predicted molar refractivity (Wildman–Crippen MR) is 47.9 cm³/mol. The van der Waals surface area contributed by atoms with Crippen LogP contribution in [0.25, 0.3) is 0 Å². The summed E-state index contributed by atoms with van der Waals surface area (Å²) in [4.78, 5) is 21.8. The monoisotopic (exact) mass is 286 g/mol. The molecular formula is C6H8Br2O3. The number of rotatable bonds is 3. The zero-order chi connectivity index (χ0) is 9.07. The van der Waals surface area contributed by atoms with Crippen LogP contribution in [0.3, 0.4) is 0 Å². The van der Waals surface area contributed by atoms with Crippen LogP contribution in [0, 0.1) is 0 Å². The molecule has 11 heavy (non-hydrogen) atoms. The Hall–Kier alpha value is 0.1000. The van der Waals surface area contributed by atoms with Crippen molar-refractivity contribution in [3.8, 4) is 0 Å². The van der Waals surface area contributed by atoms with E-state index in [9.17, 15) is 9.59 Å². The summed E-state index contributed by atoms with van der Waals surface area (Å²) in [6, 6.07) is 0. The van der Waals surface area contributed by atoms with Gasteiger partial charge < -0.3 is 4.74 Å². The number of carbonyl (C=O) groups excluding carboxylic acids is 2. The third kappa shape index (κ3) is 2.91. The van der Waals surface area contributed by atoms with Gasteiger partial charge in [0, 0.05) is 0 Å². The van der Waals surface area contributed by atoms with Crippen LogP contribution in [0.15, 0.2) is 0 Å². The topological polar surface area (TPSA) is 43.4 Å². The Morgan fingerprint density at radius 2 is 1.91 bits per heavy atom. The molecule has 0 amide bonds. The van der Waals surface area contributed by atoms with E-state index in [4.69, 9.17) is 0 Å². The zero-order valence-corrected chi connectivity index (χ0v) is 9.36. The van der Waals surface area contributed by atoms with Crippen molar-refractivity contribution in [2.45, 2.75) is 17.1 Å². The van der Waals surface area contributed by atoms with E-state index in [1.165, 1.54) is 6.92 Å². The lowest BCUT2D eigenvalue weighted by atomic mass is 10.3. The highest BCUT2D eigenvalue weighted by atomic mass is 79.9. The molecule has 0 bridgehead atoms. The summed E-state index contributed by atoms with van der Waals surface area (Å²) in [5.74, 6) is -0.955. The van der Waals surface area contributed by atoms with Crippen molar-refractivity contribution in [1.29, 1.82) is 0 Å². The predicted octanol–water partition coefficient (Wildman–Crippen LogP) is 1.62. The third-order valence-electron chi connectivity index (χ3n) is 0.974. The van der Waals surface area contributed by atoms with Crippen LogP contribution in [0.1, 0.15) is 13.8 Å². The van der Waals surface area contributed by atoms with E-state index in [2.05, 4.69) is 36.6 Å². The number of esters is 1. The molecule has 0 rings (SSSR count). The van der Waals surface area contributed by atoms with Gasteiger partial charge in [0.05, 0.1) is 6.61 Å². The van der Waals surface area contributed by atoms with E-state index in [0.29, 0.717) is 0 Å². The minimum absolute atomic E-state index is 0.255. The molecule has 0 saturated heterocycles. The molecule has 0 radical (unpaired) electrons. The molecule has 64 valence electrons. The zero-order valence-electron chi connectivity index (χ0n) is 6.19. The minimum Gasteiger partial charge on any atom is -0.464 e. The number of ketones is 1. The number of Topliss-reactive ketones (excluding diaryl/α,β-unsaturated/α-hetero) is 1. The third-order valence-corrected chi connectivity index (χ3v) is 2.74. The summed E-state index contributed by atoms with van der Waals surface area (Å²) in [5.41, 5.74) is 0. The SMILES string of the molecule is CCOC(=O)C(Br)(Br)C(C)=O. The standard InChI is InChI=1S/C6H8Br2O3/c1-3-11-5(10)6(7,8)4(2)9/h3H2,1-2H3. The second kappa shape index (κ2) is 4.21. The highest BCUT2D eigenvalue weighted by Crippen LogP contribution is 2.28. The number of hydrogen-bond acceptors (Lipinski definition) is 3. The molecule has 5 heteroatoms. The van der Waals surface area contributed by atoms with Gasteiger partial charge in [-0.2, -0.15) is 0 Å². The molecule has 0 saturated carbocycles. The molecule has 0 aliphatic carbocycles. The second-order valence-corrected chi connectivity index (χ2v) is 5.29. The van der Waals surface area contributed by atoms with Gasteiger partial charge in [-0.3, -0.25) is 4.79 Å². The van der Waals surface area contributed by atoms with Gasteiger partial charge in [0.1, 0.15) is 0 Å². The highest BCUT2D eigenvalue weighted by molar-refractivity contribution is 9.26. The van der Waals surface area contributed by atoms with Crippen LogP contribution in [0.2, 0.25) is 0 Å². The van der Waals surface area contributed by atoms with E-state index < -0.39 is 9.20 Å². The summed E-state index contributed by atoms with van der Waals surface area (Å²) in [6.07, 6.45) is 0. The quantitative estimate of drug-likeness (QED) is 0.450. The smallest absolute Gasteiger partial charge is 0.341 e. The summed E-state index contributed by atoms with van der Waals surface area (Å²) >= 11 is 5.81. The Morgan fingerprint density at radius 3 is 2.18 bits per heavy atom. The summed E-state index contributed by atoms with van der Waals surface area (Å²) in [7, 11) is 0. The average Bonchev–Trinajstić information content (AvgIpc) is 1.88. The molecule has 0 aliphatic heterocycles. The number of carbonyl (C=O) groups is 2. The number of alkyl halides is 2. The van der Waals surface area contributed by atoms with Gasteiger partial charge in [-0.15, -0.1) is 0 Å². The molecule has 0 aromatic rings. The number of halogens is 2. The Labute approximate surface area is 81.7 Å². The van der Waals surface area contributed by atoms with Crippen molar-refractivity contribution in [2.24, 2.45) is 0 Å². The maximum Gasteiger partial charge on any atom is 0.341 e. The molecule has 0 aromatic heterocycles. The van der Waals surface area contributed by atoms with Crippen LogP contribution < -0.4 is 0 Å². The van der Waals surface area contributed by atoms with Crippen molar-refractivity contribution < 1.29 is 14.3 Å². The van der Waals surface area contributed by atoms with Crippen LogP contribution in [-0.4, -0.2) is 21.6 Å². The fourth-order valence-electron chi connectivity index (χ4n) is 0.365. The van der Waals surface area contributed by atoms with Gasteiger partial charge >= 0.3 is 5.97 Å². The average molecular weight is 288 g/mol. The van der Waals surface area contributed by atoms with Gasteiger partial charge in [0.2, 0.25) is 3.23 Å². The first-order valence-corrected chi connectivity index (χ1v) is 4.57. The van der Waals surface area contributed by atoms with Crippen LogP contribution in [-0.2, 0) is 14.3 Å². The van der Waals surface area contributed by atoms with Gasteiger partial charge in [-0.05, 0) is 13.8 Å². The lowest BCUT2D eigenvalue weighted by Gasteiger charge is -2.13. The van der Waals surface area contributed by atoms with Crippen molar-refractivity contribution in [1.82, 2.24) is 0 Å². The van der Waals surface area contributed by atoms with Gasteiger partial charge in [0.15, 0.2) is 5.78 Å². The second-order valence-electron chi connectivity index (χ2n) is 1.85. The maximum absolute atomic E-state index is 11.0. The molecular weight excluding hydrogens is 280 g/mol. The maximum atomic E-state index is 11.0. The Kier molecular flexibility index (Phi) is 4.25. The Bertz CT molecular complexity index is 177. The van der Waals surface area contributed by atoms with E-state index in [-0.39, 0.29) is 12.4 Å². The number of hydrogen-bond donors (Lipinski definition) is 0. The molecule has 0 aromatic carbocycles. The Balaban J connectivity index is 4.30. The lowest BCUT2D eigenvalue weighted by Crippen LogP contribution is -2.34. The molecule has 0 unspecified atom stereocenters. The summed E-state index contributed by atoms with van der Waals surface area (Å²) in [5, 5.41) is 0. The highest BCUT2D eigenvalue weighted by Gasteiger charge is 2.39. The lowest BCUT2D eigenvalue weighted by molar-refractivity contribution is -0.145. The molecule has 0 spiro atoms. The van der Waals surface area contributed by atoms with E-state index in [1.54, 1.807) is 6.92 Å². The van der Waals surface area contributed by atoms with E-state index in [0.717, 1.165) is 0 Å². The molecule has 0 heterocycles. The van der Waals surface area contributed by atoms with Gasteiger partial charge in [0.25, 0.3) is 0 Å². The van der Waals surface area contributed by atoms with Crippen molar-refractivity contribution in [3.05, 3.63) is 0 Å². The molecule has 3 nitrogen and oxygen atoms in total. The largest absolute Gasteiger partial charge is 0.464 e. The summed E-state index contributed by atoms with van der Waals surface area (Å²) in [6.45, 7) is 3.22. The fourth-order valence-corrected chi connectivity index (χ4v) is 0.594. The minimum atomic E-state index is -1.37. The van der Waals surface area contributed by atoms with Crippen molar-refractivity contribution >= 4 is 43.6 Å². The van der Waals surface area contributed by atoms with Crippen LogP contribution in [0.4, 0.5) is 0 Å². The van der Waals surface area contributed by atoms with Crippen molar-refractivity contribution in [2.75, 3.05) is 6.61 Å². The fraction of sp³-hybridized carbons (Fsp3) is 0.667. The number of ether oxygens (including phenoxy) is 1. The molecule has 0 atom stereocenters. The molecule has 0 N–H and O–H groups in total. The van der Waals surface area contributed by atoms with Crippen molar-refractivity contribution in [3.63, 3.8) is 0 Å². The van der Waals surface area contributed by atoms with E-state index in [1.807, 2.05) is 0 Å². The van der Waals surface area contributed by atoms with Gasteiger partial charge in [-0.1, -0.05) is 31.9 Å². The first-order chi connectivity index (χ1) is 4.92. The first-order valence-electron chi connectivity index (χ1n) is 2.99. The Morgan fingerprint density at radius 1 is 1.45 bits per heavy atom. The normalized spacial score (nSPS) is 10.9. The molecule has 0 aliphatic rings. The van der Waals surface area contributed by atoms with Crippen LogP contribution >= 0.6 is 31.9 Å². The first kappa shape index (κ1) is 11.1. The van der Waals surface area contributed by atoms with E-state index >= 15 is 0 Å². The van der Waals surface area contributed by atoms with Crippen LogP contribution in [0.5, 0.6) is 0 Å². The molecule has 0 fully saturated rings. The summed E-state index contributed by atoms with van der Waals surface area (Å²) < 4.78 is 3.25. The van der Waals surface area contributed by atoms with Gasteiger partial charge in [-0.25, -0.2) is 4.79 Å².